The van der Waals surface area contributed by atoms with Crippen LogP contribution in [0.25, 0.3) is 0 Å². The Morgan fingerprint density at radius 1 is 1.12 bits per heavy atom. The zero-order valence-corrected chi connectivity index (χ0v) is 21.7. The van der Waals surface area contributed by atoms with E-state index < -0.39 is 0 Å². The van der Waals surface area contributed by atoms with Gasteiger partial charge in [-0.25, -0.2) is 0 Å². The molecule has 0 bridgehead atoms. The second-order valence-electron chi connectivity index (χ2n) is 9.38. The average molecular weight is 433 g/mol. The predicted molar refractivity (Wildman–Crippen MR) is 145 cm³/mol. The first-order valence-corrected chi connectivity index (χ1v) is 11.7. The van der Waals surface area contributed by atoms with Gasteiger partial charge in [0.05, 0.1) is 5.69 Å². The van der Waals surface area contributed by atoms with Crippen molar-refractivity contribution in [3.63, 3.8) is 0 Å². The van der Waals surface area contributed by atoms with Crippen LogP contribution in [0.4, 0.5) is 5.69 Å². The minimum absolute atomic E-state index is 0.217. The fourth-order valence-corrected chi connectivity index (χ4v) is 3.60. The van der Waals surface area contributed by atoms with Gasteiger partial charge in [0.15, 0.2) is 0 Å². The largest absolute Gasteiger partial charge is 0.306 e. The van der Waals surface area contributed by atoms with Crippen molar-refractivity contribution in [3.8, 4) is 0 Å². The lowest BCUT2D eigenvalue weighted by Crippen LogP contribution is -2.35. The first kappa shape index (κ1) is 27.6. The highest BCUT2D eigenvalue weighted by Gasteiger charge is 2.18. The van der Waals surface area contributed by atoms with E-state index >= 15 is 0 Å². The molecule has 2 atom stereocenters. The van der Waals surface area contributed by atoms with E-state index in [1.165, 1.54) is 22.3 Å². The second-order valence-corrected chi connectivity index (χ2v) is 9.38. The molecule has 0 saturated heterocycles. The van der Waals surface area contributed by atoms with Gasteiger partial charge < -0.3 is 5.32 Å². The molecule has 1 N–H and O–H groups in total. The van der Waals surface area contributed by atoms with Crippen LogP contribution in [0.15, 0.2) is 83.4 Å². The monoisotopic (exact) mass is 432 g/mol. The smallest absolute Gasteiger partial charge is 0.0665 e. The number of benzene rings is 1. The highest BCUT2D eigenvalue weighted by Crippen LogP contribution is 2.24. The minimum Gasteiger partial charge on any atom is -0.306 e. The third-order valence-electron chi connectivity index (χ3n) is 5.87. The maximum Gasteiger partial charge on any atom is 0.0665 e. The van der Waals surface area contributed by atoms with E-state index in [-0.39, 0.29) is 6.04 Å². The summed E-state index contributed by atoms with van der Waals surface area (Å²) in [6.45, 7) is 30.2. The highest BCUT2D eigenvalue weighted by molar-refractivity contribution is 6.02. The summed E-state index contributed by atoms with van der Waals surface area (Å²) in [7, 11) is 0. The molecule has 2 heteroatoms. The fraction of sp³-hybridized carbons (Fsp3) is 0.433. The molecule has 0 unspecified atom stereocenters. The third kappa shape index (κ3) is 8.59. The number of rotatable bonds is 12. The van der Waals surface area contributed by atoms with Crippen LogP contribution >= 0.6 is 0 Å². The summed E-state index contributed by atoms with van der Waals surface area (Å²) in [6, 6.07) is 6.74. The number of nitrogens with one attached hydrogen (secondary N) is 1. The summed E-state index contributed by atoms with van der Waals surface area (Å²) >= 11 is 0. The summed E-state index contributed by atoms with van der Waals surface area (Å²) in [5.74, 6) is 0.919. The Morgan fingerprint density at radius 3 is 2.31 bits per heavy atom. The zero-order chi connectivity index (χ0) is 24.4. The molecule has 0 fully saturated rings. The van der Waals surface area contributed by atoms with Gasteiger partial charge in [-0.2, -0.15) is 0 Å². The summed E-state index contributed by atoms with van der Waals surface area (Å²) in [4.78, 5) is 4.97. The van der Waals surface area contributed by atoms with Crippen LogP contribution in [-0.4, -0.2) is 11.8 Å². The van der Waals surface area contributed by atoms with Gasteiger partial charge in [0.2, 0.25) is 0 Å². The summed E-state index contributed by atoms with van der Waals surface area (Å²) < 4.78 is 0. The molecule has 0 radical (unpaired) electrons. The van der Waals surface area contributed by atoms with Gasteiger partial charge in [-0.3, -0.25) is 4.99 Å². The van der Waals surface area contributed by atoms with E-state index in [2.05, 4.69) is 104 Å². The summed E-state index contributed by atoms with van der Waals surface area (Å²) in [6.07, 6.45) is 7.29. The molecule has 2 nitrogen and oxygen atoms in total. The molecule has 1 aromatic carbocycles. The predicted octanol–water partition coefficient (Wildman–Crippen LogP) is 8.44. The Balaban J connectivity index is 3.12. The van der Waals surface area contributed by atoms with Gasteiger partial charge in [-0.05, 0) is 81.2 Å². The third-order valence-corrected chi connectivity index (χ3v) is 5.87. The van der Waals surface area contributed by atoms with Gasteiger partial charge in [0.1, 0.15) is 0 Å². The molecule has 0 amide bonds. The Hall–Kier alpha value is -2.45. The second kappa shape index (κ2) is 13.2. The quantitative estimate of drug-likeness (QED) is 0.200. The van der Waals surface area contributed by atoms with Crippen LogP contribution in [0.3, 0.4) is 0 Å². The average Bonchev–Trinajstić information content (AvgIpc) is 2.72. The Kier molecular flexibility index (Phi) is 11.4. The maximum atomic E-state index is 4.97. The summed E-state index contributed by atoms with van der Waals surface area (Å²) in [5.41, 5.74) is 9.02. The molecule has 174 valence electrons. The van der Waals surface area contributed by atoms with Gasteiger partial charge >= 0.3 is 0 Å². The van der Waals surface area contributed by atoms with Crippen molar-refractivity contribution in [1.29, 1.82) is 0 Å². The standard InChI is InChI=1S/C30H44N2/c1-12-22(7)30(25(10)16-20(3)4)31-19-27-15-14-23(8)29(18-27)32-26(11)28(13-2)17-24(9)21(5)6/h12-15,17-18,20,22,30-31H,1,5,10,16,19H2,2-4,6-9,11H3/b24-17-,28-13+,32-26+/t22-,30-/m0/s1. The van der Waals surface area contributed by atoms with Gasteiger partial charge in [-0.1, -0.05) is 75.4 Å². The van der Waals surface area contributed by atoms with E-state index in [0.717, 1.165) is 35.5 Å². The SMILES string of the molecule is C=C[C@H](C)[C@H](NCc1ccc(C)c(/N=C(C)/C(/C=C(/C)C(=C)C)=C/C)c1)C(=C)CC(C)C. The van der Waals surface area contributed by atoms with E-state index in [9.17, 15) is 0 Å². The highest BCUT2D eigenvalue weighted by atomic mass is 14.9. The molecular weight excluding hydrogens is 388 g/mol. The molecule has 0 saturated carbocycles. The fourth-order valence-electron chi connectivity index (χ4n) is 3.60. The van der Waals surface area contributed by atoms with Gasteiger partial charge in [-0.15, -0.1) is 6.58 Å². The van der Waals surface area contributed by atoms with Crippen LogP contribution in [0.2, 0.25) is 0 Å². The Bertz CT molecular complexity index is 909. The topological polar surface area (TPSA) is 24.4 Å². The van der Waals surface area contributed by atoms with Crippen LogP contribution in [0.5, 0.6) is 0 Å². The van der Waals surface area contributed by atoms with Crippen molar-refractivity contribution in [1.82, 2.24) is 5.32 Å². The van der Waals surface area contributed by atoms with Crippen molar-refractivity contribution in [3.05, 3.63) is 89.6 Å². The van der Waals surface area contributed by atoms with E-state index in [1.54, 1.807) is 0 Å². The Labute approximate surface area is 197 Å². The molecule has 1 aromatic rings. The van der Waals surface area contributed by atoms with E-state index in [1.807, 2.05) is 13.0 Å². The lowest BCUT2D eigenvalue weighted by atomic mass is 9.90. The molecule has 0 spiro atoms. The number of aryl methyl sites for hydroxylation is 1. The van der Waals surface area contributed by atoms with Crippen LogP contribution < -0.4 is 5.32 Å². The minimum atomic E-state index is 0.217. The molecule has 32 heavy (non-hydrogen) atoms. The molecule has 0 aliphatic rings. The number of hydrogen-bond acceptors (Lipinski definition) is 2. The van der Waals surface area contributed by atoms with Gasteiger partial charge in [0.25, 0.3) is 0 Å². The van der Waals surface area contributed by atoms with Crippen LogP contribution in [0, 0.1) is 18.8 Å². The lowest BCUT2D eigenvalue weighted by molar-refractivity contribution is 0.452. The van der Waals surface area contributed by atoms with Crippen LogP contribution in [-0.2, 0) is 6.54 Å². The van der Waals surface area contributed by atoms with Gasteiger partial charge in [0, 0.05) is 18.3 Å². The lowest BCUT2D eigenvalue weighted by Gasteiger charge is -2.26. The first-order valence-electron chi connectivity index (χ1n) is 11.7. The van der Waals surface area contributed by atoms with E-state index in [4.69, 9.17) is 4.99 Å². The van der Waals surface area contributed by atoms with E-state index in [0.29, 0.717) is 11.8 Å². The Morgan fingerprint density at radius 2 is 1.78 bits per heavy atom. The molecule has 0 aliphatic carbocycles. The molecule has 1 rings (SSSR count). The summed E-state index contributed by atoms with van der Waals surface area (Å²) in [5, 5.41) is 3.71. The number of hydrogen-bond donors (Lipinski definition) is 1. The first-order chi connectivity index (χ1) is 15.0. The number of nitrogens with zero attached hydrogens (tertiary/aromatic N) is 1. The van der Waals surface area contributed by atoms with Crippen molar-refractivity contribution < 1.29 is 0 Å². The number of allylic oxidation sites excluding steroid dienone is 5. The molecule has 0 aliphatic heterocycles. The molecule has 0 heterocycles. The van der Waals surface area contributed by atoms with Crippen molar-refractivity contribution in [2.24, 2.45) is 16.8 Å². The number of aliphatic imine (C=N–C) groups is 1. The molecule has 0 aromatic heterocycles. The van der Waals surface area contributed by atoms with Crippen molar-refractivity contribution >= 4 is 11.4 Å². The van der Waals surface area contributed by atoms with Crippen molar-refractivity contribution in [2.75, 3.05) is 0 Å². The molecular formula is C30H44N2. The normalized spacial score (nSPS) is 15.0. The maximum absolute atomic E-state index is 4.97. The zero-order valence-electron chi connectivity index (χ0n) is 21.7. The van der Waals surface area contributed by atoms with Crippen molar-refractivity contribution in [2.45, 2.75) is 74.4 Å². The van der Waals surface area contributed by atoms with Crippen LogP contribution in [0.1, 0.15) is 66.0 Å².